The molecular formula is C24H18F2N2O2. The highest BCUT2D eigenvalue weighted by Gasteiger charge is 2.18. The van der Waals surface area contributed by atoms with E-state index in [1.807, 2.05) is 26.0 Å². The zero-order valence-electron chi connectivity index (χ0n) is 16.4. The van der Waals surface area contributed by atoms with E-state index in [1.165, 1.54) is 16.8 Å². The Morgan fingerprint density at radius 3 is 2.20 bits per heavy atom. The lowest BCUT2D eigenvalue weighted by atomic mass is 10.1. The van der Waals surface area contributed by atoms with Crippen LogP contribution in [0.5, 0.6) is 0 Å². The quantitative estimate of drug-likeness (QED) is 0.514. The number of rotatable bonds is 3. The summed E-state index contributed by atoms with van der Waals surface area (Å²) in [4.78, 5) is 26.1. The number of hydrogen-bond acceptors (Lipinski definition) is 2. The highest BCUT2D eigenvalue weighted by molar-refractivity contribution is 6.12. The molecule has 0 aliphatic carbocycles. The van der Waals surface area contributed by atoms with E-state index >= 15 is 0 Å². The fourth-order valence-corrected chi connectivity index (χ4v) is 3.34. The normalized spacial score (nSPS) is 10.9. The zero-order valence-corrected chi connectivity index (χ0v) is 16.4. The molecule has 0 spiro atoms. The van der Waals surface area contributed by atoms with Crippen molar-refractivity contribution in [1.29, 1.82) is 0 Å². The number of carbonyl (C=O) groups excluding carboxylic acids is 1. The van der Waals surface area contributed by atoms with Gasteiger partial charge in [0.25, 0.3) is 11.5 Å². The number of benzene rings is 3. The van der Waals surface area contributed by atoms with Gasteiger partial charge in [-0.15, -0.1) is 0 Å². The molecule has 0 radical (unpaired) electrons. The third-order valence-electron chi connectivity index (χ3n) is 5.14. The highest BCUT2D eigenvalue weighted by Crippen LogP contribution is 2.23. The van der Waals surface area contributed by atoms with E-state index < -0.39 is 23.2 Å². The lowest BCUT2D eigenvalue weighted by Crippen LogP contribution is -2.23. The van der Waals surface area contributed by atoms with E-state index in [2.05, 4.69) is 5.32 Å². The molecule has 4 aromatic rings. The van der Waals surface area contributed by atoms with Crippen molar-refractivity contribution in [2.24, 2.45) is 0 Å². The van der Waals surface area contributed by atoms with Crippen LogP contribution in [0.1, 0.15) is 21.5 Å². The number of hydrogen-bond donors (Lipinski definition) is 1. The molecule has 0 bridgehead atoms. The van der Waals surface area contributed by atoms with Gasteiger partial charge in [-0.2, -0.15) is 0 Å². The lowest BCUT2D eigenvalue weighted by Gasteiger charge is -2.14. The first kappa shape index (κ1) is 19.5. The first-order chi connectivity index (χ1) is 14.4. The molecule has 0 fully saturated rings. The molecule has 30 heavy (non-hydrogen) atoms. The monoisotopic (exact) mass is 404 g/mol. The molecule has 1 heterocycles. The number of nitrogens with one attached hydrogen (secondary N) is 1. The molecule has 0 unspecified atom stereocenters. The average Bonchev–Trinajstić information content (AvgIpc) is 2.73. The Balaban J connectivity index is 1.91. The van der Waals surface area contributed by atoms with Crippen LogP contribution in [0.2, 0.25) is 0 Å². The molecule has 1 N–H and O–H groups in total. The summed E-state index contributed by atoms with van der Waals surface area (Å²) in [5.41, 5.74) is 1.97. The van der Waals surface area contributed by atoms with Gasteiger partial charge in [-0.05, 0) is 55.3 Å². The molecular weight excluding hydrogens is 386 g/mol. The van der Waals surface area contributed by atoms with Crippen LogP contribution >= 0.6 is 0 Å². The number of aromatic nitrogens is 1. The van der Waals surface area contributed by atoms with Gasteiger partial charge < -0.3 is 5.32 Å². The van der Waals surface area contributed by atoms with Crippen molar-refractivity contribution in [3.8, 4) is 5.69 Å². The van der Waals surface area contributed by atoms with Crippen molar-refractivity contribution in [2.75, 3.05) is 5.32 Å². The number of fused-ring (bicyclic) bond motifs is 1. The molecule has 3 aromatic carbocycles. The molecule has 1 aromatic heterocycles. The SMILES string of the molecule is Cc1ccc(-n2cc(C(=O)Nc3c(F)cccc3F)c3ccccc3c2=O)cc1C. The van der Waals surface area contributed by atoms with Crippen LogP contribution in [-0.2, 0) is 0 Å². The Morgan fingerprint density at radius 1 is 0.867 bits per heavy atom. The molecule has 150 valence electrons. The Hall–Kier alpha value is -3.80. The van der Waals surface area contributed by atoms with Gasteiger partial charge in [0.1, 0.15) is 17.3 Å². The van der Waals surface area contributed by atoms with Gasteiger partial charge in [0.05, 0.1) is 5.56 Å². The Morgan fingerprint density at radius 2 is 1.53 bits per heavy atom. The van der Waals surface area contributed by atoms with Gasteiger partial charge in [0.15, 0.2) is 0 Å². The smallest absolute Gasteiger partial charge is 0.262 e. The van der Waals surface area contributed by atoms with E-state index in [9.17, 15) is 18.4 Å². The summed E-state index contributed by atoms with van der Waals surface area (Å²) in [7, 11) is 0. The summed E-state index contributed by atoms with van der Waals surface area (Å²) in [6.45, 7) is 3.89. The van der Waals surface area contributed by atoms with Crippen molar-refractivity contribution >= 4 is 22.4 Å². The summed E-state index contributed by atoms with van der Waals surface area (Å²) in [5.74, 6) is -2.47. The van der Waals surface area contributed by atoms with Crippen molar-refractivity contribution < 1.29 is 13.6 Å². The number of pyridine rings is 1. The van der Waals surface area contributed by atoms with Crippen LogP contribution < -0.4 is 10.9 Å². The minimum absolute atomic E-state index is 0.131. The number of carbonyl (C=O) groups is 1. The first-order valence-electron chi connectivity index (χ1n) is 9.34. The molecule has 0 aliphatic heterocycles. The maximum Gasteiger partial charge on any atom is 0.262 e. The van der Waals surface area contributed by atoms with E-state index in [0.29, 0.717) is 16.5 Å². The largest absolute Gasteiger partial charge is 0.317 e. The van der Waals surface area contributed by atoms with Crippen LogP contribution in [0.3, 0.4) is 0 Å². The Kier molecular flexibility index (Phi) is 4.91. The minimum atomic E-state index is -0.880. The second kappa shape index (κ2) is 7.55. The van der Waals surface area contributed by atoms with Crippen LogP contribution in [0.25, 0.3) is 16.5 Å². The summed E-state index contributed by atoms with van der Waals surface area (Å²) in [6, 6.07) is 15.5. The maximum atomic E-state index is 14.0. The fraction of sp³-hybridized carbons (Fsp3) is 0.0833. The number of nitrogens with zero attached hydrogens (tertiary/aromatic N) is 1. The summed E-state index contributed by atoms with van der Waals surface area (Å²) >= 11 is 0. The average molecular weight is 404 g/mol. The topological polar surface area (TPSA) is 51.1 Å². The minimum Gasteiger partial charge on any atom is -0.317 e. The highest BCUT2D eigenvalue weighted by atomic mass is 19.1. The van der Waals surface area contributed by atoms with Crippen molar-refractivity contribution in [3.63, 3.8) is 0 Å². The van der Waals surface area contributed by atoms with Crippen molar-refractivity contribution in [2.45, 2.75) is 13.8 Å². The molecule has 0 saturated heterocycles. The molecule has 6 heteroatoms. The molecule has 0 saturated carbocycles. The number of para-hydroxylation sites is 1. The second-order valence-corrected chi connectivity index (χ2v) is 7.08. The van der Waals surface area contributed by atoms with Gasteiger partial charge in [-0.25, -0.2) is 8.78 Å². The van der Waals surface area contributed by atoms with E-state index in [4.69, 9.17) is 0 Å². The number of amides is 1. The molecule has 4 rings (SSSR count). The predicted octanol–water partition coefficient (Wildman–Crippen LogP) is 5.14. The van der Waals surface area contributed by atoms with E-state index in [-0.39, 0.29) is 11.1 Å². The van der Waals surface area contributed by atoms with Gasteiger partial charge in [0.2, 0.25) is 0 Å². The van der Waals surface area contributed by atoms with Crippen LogP contribution in [0.15, 0.2) is 71.7 Å². The number of anilines is 1. The number of halogens is 2. The summed E-state index contributed by atoms with van der Waals surface area (Å²) < 4.78 is 29.4. The molecule has 1 amide bonds. The Labute approximate surface area is 171 Å². The summed E-state index contributed by atoms with van der Waals surface area (Å²) in [5, 5.41) is 3.03. The van der Waals surface area contributed by atoms with E-state index in [0.717, 1.165) is 23.3 Å². The van der Waals surface area contributed by atoms with Crippen molar-refractivity contribution in [3.05, 3.63) is 106 Å². The van der Waals surface area contributed by atoms with Gasteiger partial charge in [0, 0.05) is 22.7 Å². The zero-order chi connectivity index (χ0) is 21.4. The first-order valence-corrected chi connectivity index (χ1v) is 9.34. The maximum absolute atomic E-state index is 14.0. The van der Waals surface area contributed by atoms with Crippen molar-refractivity contribution in [1.82, 2.24) is 4.57 Å². The Bertz CT molecular complexity index is 1340. The third-order valence-corrected chi connectivity index (χ3v) is 5.14. The molecule has 4 nitrogen and oxygen atoms in total. The fourth-order valence-electron chi connectivity index (χ4n) is 3.34. The predicted molar refractivity (Wildman–Crippen MR) is 113 cm³/mol. The second-order valence-electron chi connectivity index (χ2n) is 7.08. The third kappa shape index (κ3) is 3.37. The van der Waals surface area contributed by atoms with Gasteiger partial charge in [-0.1, -0.05) is 30.3 Å². The van der Waals surface area contributed by atoms with Crippen LogP contribution in [-0.4, -0.2) is 10.5 Å². The van der Waals surface area contributed by atoms with Gasteiger partial charge >= 0.3 is 0 Å². The molecule has 0 atom stereocenters. The van der Waals surface area contributed by atoms with E-state index in [1.54, 1.807) is 30.3 Å². The molecule has 0 aliphatic rings. The lowest BCUT2D eigenvalue weighted by molar-refractivity contribution is 0.102. The van der Waals surface area contributed by atoms with Crippen LogP contribution in [0.4, 0.5) is 14.5 Å². The van der Waals surface area contributed by atoms with Gasteiger partial charge in [-0.3, -0.25) is 14.2 Å². The van der Waals surface area contributed by atoms with Crippen LogP contribution in [0, 0.1) is 25.5 Å². The standard InChI is InChI=1S/C24H18F2N2O2/c1-14-10-11-16(12-15(14)2)28-13-19(17-6-3-4-7-18(17)24(28)30)23(29)27-22-20(25)8-5-9-21(22)26/h3-13H,1-2H3,(H,27,29). The number of aryl methyl sites for hydroxylation is 2. The summed E-state index contributed by atoms with van der Waals surface area (Å²) in [6.07, 6.45) is 1.41.